The quantitative estimate of drug-likeness (QED) is 0.321. The molecule has 0 saturated heterocycles. The average molecular weight is 248 g/mol. The summed E-state index contributed by atoms with van der Waals surface area (Å²) in [6.45, 7) is 0.531. The number of aliphatic hydroxyl groups is 2. The van der Waals surface area contributed by atoms with Crippen LogP contribution < -0.4 is 0 Å². The molecule has 0 aliphatic heterocycles. The fraction of sp³-hybridized carbons (Fsp3) is 0.818. The minimum Gasteiger partial charge on any atom is -0.465 e. The molecular formula is C11H20O6. The van der Waals surface area contributed by atoms with Gasteiger partial charge in [-0.2, -0.15) is 0 Å². The van der Waals surface area contributed by atoms with Crippen molar-refractivity contribution >= 4 is 11.9 Å². The van der Waals surface area contributed by atoms with Crippen molar-refractivity contribution in [3.05, 3.63) is 0 Å². The normalized spacial score (nSPS) is 10.0. The lowest BCUT2D eigenvalue weighted by Crippen LogP contribution is -2.15. The summed E-state index contributed by atoms with van der Waals surface area (Å²) >= 11 is 0. The van der Waals surface area contributed by atoms with Crippen molar-refractivity contribution in [2.75, 3.05) is 26.4 Å². The van der Waals surface area contributed by atoms with Gasteiger partial charge >= 0.3 is 11.9 Å². The topological polar surface area (TPSA) is 93.1 Å². The van der Waals surface area contributed by atoms with E-state index in [1.54, 1.807) is 0 Å². The largest absolute Gasteiger partial charge is 0.465 e. The van der Waals surface area contributed by atoms with Crippen LogP contribution in [0.15, 0.2) is 0 Å². The van der Waals surface area contributed by atoms with Crippen LogP contribution in [0.4, 0.5) is 0 Å². The van der Waals surface area contributed by atoms with Crippen LogP contribution in [0.2, 0.25) is 0 Å². The van der Waals surface area contributed by atoms with Crippen LogP contribution in [0, 0.1) is 0 Å². The molecule has 0 aliphatic carbocycles. The van der Waals surface area contributed by atoms with E-state index >= 15 is 0 Å². The molecule has 6 nitrogen and oxygen atoms in total. The summed E-state index contributed by atoms with van der Waals surface area (Å²) in [5, 5.41) is 17.0. The van der Waals surface area contributed by atoms with Crippen LogP contribution >= 0.6 is 0 Å². The van der Waals surface area contributed by atoms with Gasteiger partial charge in [0.15, 0.2) is 0 Å². The number of ether oxygens (including phenoxy) is 2. The van der Waals surface area contributed by atoms with Gasteiger partial charge in [-0.15, -0.1) is 0 Å². The van der Waals surface area contributed by atoms with Crippen LogP contribution in [0.3, 0.4) is 0 Å². The fourth-order valence-electron chi connectivity index (χ4n) is 1.02. The number of hydrogen-bond donors (Lipinski definition) is 2. The lowest BCUT2D eigenvalue weighted by Gasteiger charge is -2.05. The third-order valence-electron chi connectivity index (χ3n) is 1.92. The lowest BCUT2D eigenvalue weighted by atomic mass is 10.3. The summed E-state index contributed by atoms with van der Waals surface area (Å²) in [7, 11) is 0. The van der Waals surface area contributed by atoms with Gasteiger partial charge in [0.25, 0.3) is 0 Å². The fourth-order valence-corrected chi connectivity index (χ4v) is 1.02. The molecule has 0 amide bonds. The van der Waals surface area contributed by atoms with Gasteiger partial charge in [0, 0.05) is 13.2 Å². The average Bonchev–Trinajstić information content (AvgIpc) is 2.30. The summed E-state index contributed by atoms with van der Waals surface area (Å²) in [5.74, 6) is -1.23. The third-order valence-corrected chi connectivity index (χ3v) is 1.92. The summed E-state index contributed by atoms with van der Waals surface area (Å²) < 4.78 is 9.50. The first-order chi connectivity index (χ1) is 8.20. The molecule has 0 aromatic carbocycles. The Morgan fingerprint density at radius 1 is 0.765 bits per heavy atom. The van der Waals surface area contributed by atoms with Crippen LogP contribution in [0.5, 0.6) is 0 Å². The second-order valence-corrected chi connectivity index (χ2v) is 3.48. The van der Waals surface area contributed by atoms with Gasteiger partial charge in [-0.1, -0.05) is 0 Å². The van der Waals surface area contributed by atoms with E-state index in [1.807, 2.05) is 0 Å². The standard InChI is InChI=1S/C11H20O6/c12-5-1-3-7-16-10(14)9-11(15)17-8-4-2-6-13/h12-13H,1-9H2. The first-order valence-corrected chi connectivity index (χ1v) is 5.73. The van der Waals surface area contributed by atoms with Gasteiger partial charge in [-0.3, -0.25) is 9.59 Å². The molecule has 6 heteroatoms. The molecule has 0 radical (unpaired) electrons. The first kappa shape index (κ1) is 15.9. The predicted octanol–water partition coefficient (Wildman–Crippen LogP) is 0.00790. The van der Waals surface area contributed by atoms with Crippen molar-refractivity contribution < 1.29 is 29.3 Å². The van der Waals surface area contributed by atoms with Crippen molar-refractivity contribution in [3.63, 3.8) is 0 Å². The molecule has 0 saturated carbocycles. The molecule has 0 fully saturated rings. The van der Waals surface area contributed by atoms with E-state index in [2.05, 4.69) is 0 Å². The maximum atomic E-state index is 11.1. The van der Waals surface area contributed by atoms with Gasteiger partial charge in [0.1, 0.15) is 6.42 Å². The number of esters is 2. The van der Waals surface area contributed by atoms with Gasteiger partial charge in [0.05, 0.1) is 13.2 Å². The maximum absolute atomic E-state index is 11.1. The summed E-state index contributed by atoms with van der Waals surface area (Å²) in [5.41, 5.74) is 0. The monoisotopic (exact) mass is 248 g/mol. The molecule has 0 bridgehead atoms. The number of aliphatic hydroxyl groups excluding tert-OH is 2. The summed E-state index contributed by atoms with van der Waals surface area (Å²) in [6, 6.07) is 0. The number of unbranched alkanes of at least 4 members (excludes halogenated alkanes) is 2. The van der Waals surface area contributed by atoms with Gasteiger partial charge < -0.3 is 19.7 Å². The van der Waals surface area contributed by atoms with E-state index in [-0.39, 0.29) is 26.4 Å². The Balaban J connectivity index is 3.42. The summed E-state index contributed by atoms with van der Waals surface area (Å²) in [6.07, 6.45) is 1.90. The molecule has 0 atom stereocenters. The van der Waals surface area contributed by atoms with Crippen molar-refractivity contribution in [1.82, 2.24) is 0 Å². The van der Waals surface area contributed by atoms with E-state index in [1.165, 1.54) is 0 Å². The lowest BCUT2D eigenvalue weighted by molar-refractivity contribution is -0.154. The molecule has 0 aliphatic rings. The zero-order valence-corrected chi connectivity index (χ0v) is 9.89. The first-order valence-electron chi connectivity index (χ1n) is 5.73. The van der Waals surface area contributed by atoms with Gasteiger partial charge in [-0.05, 0) is 25.7 Å². The molecule has 0 rings (SSSR count). The Hall–Kier alpha value is -1.14. The molecule has 0 heterocycles. The molecule has 0 unspecified atom stereocenters. The van der Waals surface area contributed by atoms with Gasteiger partial charge in [0.2, 0.25) is 0 Å². The molecule has 17 heavy (non-hydrogen) atoms. The minimum atomic E-state index is -0.616. The van der Waals surface area contributed by atoms with E-state index in [0.29, 0.717) is 25.7 Å². The number of carbonyl (C=O) groups excluding carboxylic acids is 2. The smallest absolute Gasteiger partial charge is 0.317 e. The Morgan fingerprint density at radius 3 is 1.53 bits per heavy atom. The second kappa shape index (κ2) is 11.3. The van der Waals surface area contributed by atoms with Crippen molar-refractivity contribution in [3.8, 4) is 0 Å². The van der Waals surface area contributed by atoms with Crippen LogP contribution in [-0.2, 0) is 19.1 Å². The van der Waals surface area contributed by atoms with Crippen LogP contribution in [-0.4, -0.2) is 48.6 Å². The number of carbonyl (C=O) groups is 2. The number of rotatable bonds is 10. The Labute approximate surface area is 101 Å². The van der Waals surface area contributed by atoms with Crippen LogP contribution in [0.1, 0.15) is 32.1 Å². The molecular weight excluding hydrogens is 228 g/mol. The van der Waals surface area contributed by atoms with Gasteiger partial charge in [-0.25, -0.2) is 0 Å². The van der Waals surface area contributed by atoms with Crippen LogP contribution in [0.25, 0.3) is 0 Å². The van der Waals surface area contributed by atoms with E-state index < -0.39 is 18.4 Å². The zero-order chi connectivity index (χ0) is 12.9. The van der Waals surface area contributed by atoms with Crippen molar-refractivity contribution in [2.45, 2.75) is 32.1 Å². The molecule has 0 aromatic heterocycles. The highest BCUT2D eigenvalue weighted by Crippen LogP contribution is 1.96. The maximum Gasteiger partial charge on any atom is 0.317 e. The van der Waals surface area contributed by atoms with E-state index in [9.17, 15) is 9.59 Å². The number of hydrogen-bond acceptors (Lipinski definition) is 6. The molecule has 0 spiro atoms. The molecule has 0 aromatic rings. The highest BCUT2D eigenvalue weighted by atomic mass is 16.6. The van der Waals surface area contributed by atoms with Crippen molar-refractivity contribution in [1.29, 1.82) is 0 Å². The molecule has 2 N–H and O–H groups in total. The zero-order valence-electron chi connectivity index (χ0n) is 9.89. The highest BCUT2D eigenvalue weighted by molar-refractivity contribution is 5.91. The van der Waals surface area contributed by atoms with E-state index in [4.69, 9.17) is 19.7 Å². The minimum absolute atomic E-state index is 0.0600. The predicted molar refractivity (Wildman–Crippen MR) is 59.2 cm³/mol. The summed E-state index contributed by atoms with van der Waals surface area (Å²) in [4.78, 5) is 22.2. The van der Waals surface area contributed by atoms with Crippen molar-refractivity contribution in [2.24, 2.45) is 0 Å². The second-order valence-electron chi connectivity index (χ2n) is 3.48. The molecule has 100 valence electrons. The SMILES string of the molecule is O=C(CC(=O)OCCCCO)OCCCCO. The highest BCUT2D eigenvalue weighted by Gasteiger charge is 2.11. The third kappa shape index (κ3) is 11.1. The van der Waals surface area contributed by atoms with E-state index in [0.717, 1.165) is 0 Å². The Morgan fingerprint density at radius 2 is 1.18 bits per heavy atom. The Bertz CT molecular complexity index is 194. The Kier molecular flexibility index (Phi) is 10.6.